The smallest absolute Gasteiger partial charge is 0.315 e. The van der Waals surface area contributed by atoms with Crippen molar-refractivity contribution in [3.8, 4) is 5.75 Å². The summed E-state index contributed by atoms with van der Waals surface area (Å²) in [7, 11) is 1.63. The monoisotopic (exact) mass is 275 g/mol. The lowest BCUT2D eigenvalue weighted by molar-refractivity contribution is -0.142. The number of nitrogens with zero attached hydrogens (tertiary/aromatic N) is 1. The van der Waals surface area contributed by atoms with E-state index < -0.39 is 11.4 Å². The van der Waals surface area contributed by atoms with Gasteiger partial charge in [-0.1, -0.05) is 0 Å². The molecule has 0 aliphatic heterocycles. The number of benzene rings is 1. The molecule has 0 aliphatic rings. The summed E-state index contributed by atoms with van der Waals surface area (Å²) in [5, 5.41) is 10.5. The molecule has 0 saturated heterocycles. The quantitative estimate of drug-likeness (QED) is 0.927. The molecule has 2 aromatic rings. The van der Waals surface area contributed by atoms with Crippen molar-refractivity contribution in [3.05, 3.63) is 30.0 Å². The lowest BCUT2D eigenvalue weighted by Crippen LogP contribution is -2.31. The fourth-order valence-electron chi connectivity index (χ4n) is 2.48. The number of fused-ring (bicyclic) bond motifs is 1. The minimum atomic E-state index is -0.934. The highest BCUT2D eigenvalue weighted by atomic mass is 16.5. The first-order valence-corrected chi connectivity index (χ1v) is 6.72. The molecule has 2 rings (SSSR count). The summed E-state index contributed by atoms with van der Waals surface area (Å²) < 4.78 is 7.35. The Balaban J connectivity index is 2.79. The zero-order valence-corrected chi connectivity index (χ0v) is 12.6. The highest BCUT2D eigenvalue weighted by Crippen LogP contribution is 2.34. The molecule has 1 N–H and O–H groups in total. The first-order valence-electron chi connectivity index (χ1n) is 6.72. The van der Waals surface area contributed by atoms with E-state index in [1.54, 1.807) is 21.0 Å². The summed E-state index contributed by atoms with van der Waals surface area (Å²) >= 11 is 0. The fourth-order valence-corrected chi connectivity index (χ4v) is 2.48. The average molecular weight is 275 g/mol. The normalized spacial score (nSPS) is 12.1. The topological polar surface area (TPSA) is 51.5 Å². The standard InChI is InChI=1S/C16H21NO3/c1-10(2)17-13-9-12(20-5)7-6-11(13)8-14(17)16(3,4)15(18)19/h6-10H,1-5H3,(H,18,19). The van der Waals surface area contributed by atoms with E-state index in [0.717, 1.165) is 22.3 Å². The fraction of sp³-hybridized carbons (Fsp3) is 0.438. The summed E-state index contributed by atoms with van der Waals surface area (Å²) in [4.78, 5) is 11.6. The Morgan fingerprint density at radius 2 is 1.95 bits per heavy atom. The lowest BCUT2D eigenvalue weighted by atomic mass is 9.89. The molecule has 1 aromatic carbocycles. The van der Waals surface area contributed by atoms with Crippen molar-refractivity contribution in [2.75, 3.05) is 7.11 Å². The molecule has 1 aromatic heterocycles. The summed E-state index contributed by atoms with van der Waals surface area (Å²) in [6.45, 7) is 7.58. The first-order chi connectivity index (χ1) is 9.28. The maximum atomic E-state index is 11.6. The van der Waals surface area contributed by atoms with Crippen LogP contribution in [0.4, 0.5) is 0 Å². The molecule has 0 amide bonds. The molecule has 20 heavy (non-hydrogen) atoms. The van der Waals surface area contributed by atoms with Gasteiger partial charge in [0, 0.05) is 23.2 Å². The molecule has 4 nitrogen and oxygen atoms in total. The second kappa shape index (κ2) is 4.85. The van der Waals surface area contributed by atoms with Gasteiger partial charge < -0.3 is 14.4 Å². The van der Waals surface area contributed by atoms with E-state index in [0.29, 0.717) is 0 Å². The van der Waals surface area contributed by atoms with Crippen LogP contribution in [0.2, 0.25) is 0 Å². The molecule has 0 bridgehead atoms. The van der Waals surface area contributed by atoms with Crippen LogP contribution < -0.4 is 4.74 Å². The zero-order valence-electron chi connectivity index (χ0n) is 12.6. The third-order valence-corrected chi connectivity index (χ3v) is 3.74. The predicted octanol–water partition coefficient (Wildman–Crippen LogP) is 3.59. The van der Waals surface area contributed by atoms with Crippen LogP contribution in [0.15, 0.2) is 24.3 Å². The number of carboxylic acids is 1. The van der Waals surface area contributed by atoms with Crippen molar-refractivity contribution in [3.63, 3.8) is 0 Å². The van der Waals surface area contributed by atoms with Crippen LogP contribution in [-0.2, 0) is 10.2 Å². The summed E-state index contributed by atoms with van der Waals surface area (Å²) in [5.74, 6) is -0.0497. The van der Waals surface area contributed by atoms with Crippen LogP contribution >= 0.6 is 0 Å². The van der Waals surface area contributed by atoms with Crippen LogP contribution in [0.25, 0.3) is 10.9 Å². The van der Waals surface area contributed by atoms with E-state index in [4.69, 9.17) is 4.74 Å². The Kier molecular flexibility index (Phi) is 3.50. The highest BCUT2D eigenvalue weighted by molar-refractivity contribution is 5.87. The van der Waals surface area contributed by atoms with E-state index in [-0.39, 0.29) is 6.04 Å². The third-order valence-electron chi connectivity index (χ3n) is 3.74. The molecule has 4 heteroatoms. The number of aliphatic carboxylic acids is 1. The zero-order chi connectivity index (χ0) is 15.1. The number of hydrogen-bond acceptors (Lipinski definition) is 2. The molecule has 0 aliphatic carbocycles. The number of aromatic nitrogens is 1. The van der Waals surface area contributed by atoms with Gasteiger partial charge in [-0.2, -0.15) is 0 Å². The van der Waals surface area contributed by atoms with Crippen molar-refractivity contribution in [1.82, 2.24) is 4.57 Å². The van der Waals surface area contributed by atoms with Gasteiger partial charge in [-0.05, 0) is 45.9 Å². The van der Waals surface area contributed by atoms with E-state index in [2.05, 4.69) is 18.4 Å². The van der Waals surface area contributed by atoms with Crippen molar-refractivity contribution in [2.24, 2.45) is 0 Å². The second-order valence-electron chi connectivity index (χ2n) is 5.85. The molecule has 0 fully saturated rings. The first kappa shape index (κ1) is 14.4. The van der Waals surface area contributed by atoms with E-state index in [9.17, 15) is 9.90 Å². The Bertz CT molecular complexity index is 653. The van der Waals surface area contributed by atoms with Crippen molar-refractivity contribution in [2.45, 2.75) is 39.2 Å². The average Bonchev–Trinajstić information content (AvgIpc) is 2.77. The number of methoxy groups -OCH3 is 1. The summed E-state index contributed by atoms with van der Waals surface area (Å²) in [6.07, 6.45) is 0. The van der Waals surface area contributed by atoms with Crippen molar-refractivity contribution >= 4 is 16.9 Å². The largest absolute Gasteiger partial charge is 0.497 e. The molecule has 108 valence electrons. The van der Waals surface area contributed by atoms with E-state index >= 15 is 0 Å². The van der Waals surface area contributed by atoms with Gasteiger partial charge in [0.25, 0.3) is 0 Å². The molecule has 0 atom stereocenters. The lowest BCUT2D eigenvalue weighted by Gasteiger charge is -2.24. The van der Waals surface area contributed by atoms with Gasteiger partial charge in [-0.25, -0.2) is 0 Å². The highest BCUT2D eigenvalue weighted by Gasteiger charge is 2.34. The maximum Gasteiger partial charge on any atom is 0.315 e. The maximum absolute atomic E-state index is 11.6. The van der Waals surface area contributed by atoms with E-state index in [1.165, 1.54) is 0 Å². The molecule has 0 unspecified atom stereocenters. The van der Waals surface area contributed by atoms with Gasteiger partial charge in [-0.3, -0.25) is 4.79 Å². The van der Waals surface area contributed by atoms with Crippen LogP contribution in [0.1, 0.15) is 39.4 Å². The van der Waals surface area contributed by atoms with Crippen molar-refractivity contribution in [1.29, 1.82) is 0 Å². The molecular formula is C16H21NO3. The van der Waals surface area contributed by atoms with Gasteiger partial charge in [0.05, 0.1) is 12.6 Å². The van der Waals surface area contributed by atoms with Crippen LogP contribution in [-0.4, -0.2) is 22.8 Å². The Morgan fingerprint density at radius 3 is 2.45 bits per heavy atom. The van der Waals surface area contributed by atoms with Gasteiger partial charge in [0.1, 0.15) is 11.2 Å². The van der Waals surface area contributed by atoms with Gasteiger partial charge in [0.2, 0.25) is 0 Å². The minimum Gasteiger partial charge on any atom is -0.497 e. The van der Waals surface area contributed by atoms with Gasteiger partial charge in [0.15, 0.2) is 0 Å². The second-order valence-corrected chi connectivity index (χ2v) is 5.85. The van der Waals surface area contributed by atoms with Crippen molar-refractivity contribution < 1.29 is 14.6 Å². The van der Waals surface area contributed by atoms with Crippen LogP contribution in [0, 0.1) is 0 Å². The third kappa shape index (κ3) is 2.15. The SMILES string of the molecule is COc1ccc2cc(C(C)(C)C(=O)O)n(C(C)C)c2c1. The molecule has 0 saturated carbocycles. The number of carbonyl (C=O) groups is 1. The van der Waals surface area contributed by atoms with Gasteiger partial charge in [-0.15, -0.1) is 0 Å². The Labute approximate surface area is 119 Å². The molecule has 0 radical (unpaired) electrons. The summed E-state index contributed by atoms with van der Waals surface area (Å²) in [5.41, 5.74) is 0.878. The summed E-state index contributed by atoms with van der Waals surface area (Å²) in [6, 6.07) is 7.95. The minimum absolute atomic E-state index is 0.174. The Morgan fingerprint density at radius 1 is 1.30 bits per heavy atom. The predicted molar refractivity (Wildman–Crippen MR) is 79.5 cm³/mol. The van der Waals surface area contributed by atoms with Gasteiger partial charge >= 0.3 is 5.97 Å². The molecule has 1 heterocycles. The van der Waals surface area contributed by atoms with E-state index in [1.807, 2.05) is 24.3 Å². The number of carboxylic acid groups (broad SMARTS) is 1. The Hall–Kier alpha value is -1.97. The van der Waals surface area contributed by atoms with Crippen LogP contribution in [0.5, 0.6) is 5.75 Å². The molecular weight excluding hydrogens is 254 g/mol. The molecule has 0 spiro atoms. The van der Waals surface area contributed by atoms with Crippen LogP contribution in [0.3, 0.4) is 0 Å². The number of rotatable bonds is 4. The number of ether oxygens (including phenoxy) is 1. The number of hydrogen-bond donors (Lipinski definition) is 1.